The molecule has 1 N–H and O–H groups in total. The molecule has 7 nitrogen and oxygen atoms in total. The standard InChI is InChI=1S/C19H20N4O3/c1-26-15-7-6-13-10-17(21-16(13)11-15)19(25)22-9-3-4-14(22)12-23-18(24)5-2-8-20-23/h2,5-8,10-11,14,21H,3-4,9,12H2,1H3. The normalized spacial score (nSPS) is 17.0. The van der Waals surface area contributed by atoms with E-state index >= 15 is 0 Å². The maximum Gasteiger partial charge on any atom is 0.270 e. The molecule has 1 fully saturated rings. The minimum atomic E-state index is -0.149. The zero-order chi connectivity index (χ0) is 18.1. The number of carbonyl (C=O) groups is 1. The predicted octanol–water partition coefficient (Wildman–Crippen LogP) is 2.04. The Bertz CT molecular complexity index is 1010. The number of hydrogen-bond acceptors (Lipinski definition) is 4. The number of fused-ring (bicyclic) bond motifs is 1. The first-order valence-corrected chi connectivity index (χ1v) is 8.65. The van der Waals surface area contributed by atoms with Gasteiger partial charge in [0.05, 0.1) is 19.7 Å². The van der Waals surface area contributed by atoms with Crippen LogP contribution in [-0.4, -0.2) is 45.3 Å². The van der Waals surface area contributed by atoms with Crippen LogP contribution in [0, 0.1) is 0 Å². The second kappa shape index (κ2) is 6.67. The number of methoxy groups -OCH3 is 1. The Hall–Kier alpha value is -3.09. The van der Waals surface area contributed by atoms with Gasteiger partial charge >= 0.3 is 0 Å². The van der Waals surface area contributed by atoms with Crippen LogP contribution in [0.1, 0.15) is 23.3 Å². The van der Waals surface area contributed by atoms with Crippen LogP contribution in [0.25, 0.3) is 10.9 Å². The van der Waals surface area contributed by atoms with Crippen molar-refractivity contribution in [1.82, 2.24) is 19.7 Å². The highest BCUT2D eigenvalue weighted by molar-refractivity contribution is 5.98. The van der Waals surface area contributed by atoms with Crippen LogP contribution in [0.15, 0.2) is 47.4 Å². The maximum absolute atomic E-state index is 13.0. The fraction of sp³-hybridized carbons (Fsp3) is 0.316. The number of nitrogens with zero attached hydrogens (tertiary/aromatic N) is 3. The highest BCUT2D eigenvalue weighted by Gasteiger charge is 2.30. The summed E-state index contributed by atoms with van der Waals surface area (Å²) in [6.45, 7) is 1.10. The molecule has 1 aliphatic rings. The van der Waals surface area contributed by atoms with Gasteiger partial charge in [-0.3, -0.25) is 9.59 Å². The van der Waals surface area contributed by atoms with E-state index in [2.05, 4.69) is 10.1 Å². The van der Waals surface area contributed by atoms with E-state index in [1.165, 1.54) is 10.7 Å². The molecule has 1 aromatic carbocycles. The second-order valence-corrected chi connectivity index (χ2v) is 6.47. The molecule has 2 aromatic heterocycles. The van der Waals surface area contributed by atoms with Gasteiger partial charge in [-0.2, -0.15) is 5.10 Å². The first-order valence-electron chi connectivity index (χ1n) is 8.65. The molecule has 3 heterocycles. The van der Waals surface area contributed by atoms with Crippen molar-refractivity contribution >= 4 is 16.8 Å². The molecule has 26 heavy (non-hydrogen) atoms. The van der Waals surface area contributed by atoms with Crippen LogP contribution in [0.2, 0.25) is 0 Å². The molecule has 1 aliphatic heterocycles. The molecule has 0 spiro atoms. The van der Waals surface area contributed by atoms with Gasteiger partial charge in [0.15, 0.2) is 0 Å². The molecule has 134 valence electrons. The quantitative estimate of drug-likeness (QED) is 0.779. The molecular formula is C19H20N4O3. The number of nitrogens with one attached hydrogen (secondary N) is 1. The molecular weight excluding hydrogens is 332 g/mol. The summed E-state index contributed by atoms with van der Waals surface area (Å²) in [5, 5.41) is 5.07. The lowest BCUT2D eigenvalue weighted by Gasteiger charge is -2.24. The van der Waals surface area contributed by atoms with Crippen molar-refractivity contribution < 1.29 is 9.53 Å². The Morgan fingerprint density at radius 2 is 2.23 bits per heavy atom. The van der Waals surface area contributed by atoms with Gasteiger partial charge < -0.3 is 14.6 Å². The highest BCUT2D eigenvalue weighted by atomic mass is 16.5. The third kappa shape index (κ3) is 2.96. The van der Waals surface area contributed by atoms with Crippen molar-refractivity contribution in [2.45, 2.75) is 25.4 Å². The Labute approximate surface area is 150 Å². The van der Waals surface area contributed by atoms with Gasteiger partial charge in [-0.1, -0.05) is 0 Å². The number of benzene rings is 1. The molecule has 0 bridgehead atoms. The Morgan fingerprint density at radius 1 is 1.35 bits per heavy atom. The van der Waals surface area contributed by atoms with Gasteiger partial charge in [-0.15, -0.1) is 0 Å². The van der Waals surface area contributed by atoms with Crippen molar-refractivity contribution in [1.29, 1.82) is 0 Å². The molecule has 0 saturated carbocycles. The second-order valence-electron chi connectivity index (χ2n) is 6.47. The van der Waals surface area contributed by atoms with Gasteiger partial charge in [-0.05, 0) is 37.1 Å². The minimum Gasteiger partial charge on any atom is -0.497 e. The van der Waals surface area contributed by atoms with Crippen molar-refractivity contribution in [3.05, 3.63) is 58.6 Å². The van der Waals surface area contributed by atoms with Crippen LogP contribution >= 0.6 is 0 Å². The molecule has 3 aromatic rings. The molecule has 0 aliphatic carbocycles. The Morgan fingerprint density at radius 3 is 3.04 bits per heavy atom. The monoisotopic (exact) mass is 352 g/mol. The number of aromatic nitrogens is 3. The van der Waals surface area contributed by atoms with E-state index in [0.717, 1.165) is 29.5 Å². The van der Waals surface area contributed by atoms with Crippen molar-refractivity contribution in [3.8, 4) is 5.75 Å². The Balaban J connectivity index is 1.58. The summed E-state index contributed by atoms with van der Waals surface area (Å²) < 4.78 is 6.65. The van der Waals surface area contributed by atoms with Crippen molar-refractivity contribution in [3.63, 3.8) is 0 Å². The first-order chi connectivity index (χ1) is 12.7. The highest BCUT2D eigenvalue weighted by Crippen LogP contribution is 2.25. The number of aromatic amines is 1. The van der Waals surface area contributed by atoms with Crippen LogP contribution in [0.4, 0.5) is 0 Å². The molecule has 1 atom stereocenters. The number of ether oxygens (including phenoxy) is 1. The van der Waals surface area contributed by atoms with Gasteiger partial charge in [-0.25, -0.2) is 4.68 Å². The average Bonchev–Trinajstić information content (AvgIpc) is 3.29. The summed E-state index contributed by atoms with van der Waals surface area (Å²) in [5.41, 5.74) is 1.27. The van der Waals surface area contributed by atoms with Crippen LogP contribution in [0.5, 0.6) is 5.75 Å². The molecule has 0 radical (unpaired) electrons. The van der Waals surface area contributed by atoms with Gasteiger partial charge in [0.1, 0.15) is 11.4 Å². The number of likely N-dealkylation sites (tertiary alicyclic amines) is 1. The van der Waals surface area contributed by atoms with E-state index < -0.39 is 0 Å². The van der Waals surface area contributed by atoms with E-state index in [0.29, 0.717) is 18.8 Å². The van der Waals surface area contributed by atoms with E-state index in [1.54, 1.807) is 19.4 Å². The van der Waals surface area contributed by atoms with Crippen LogP contribution in [-0.2, 0) is 6.54 Å². The van der Waals surface area contributed by atoms with Crippen LogP contribution < -0.4 is 10.3 Å². The number of rotatable bonds is 4. The predicted molar refractivity (Wildman–Crippen MR) is 97.4 cm³/mol. The molecule has 4 rings (SSSR count). The summed E-state index contributed by atoms with van der Waals surface area (Å²) in [6, 6.07) is 10.6. The number of H-pyrrole nitrogens is 1. The topological polar surface area (TPSA) is 80.2 Å². The maximum atomic E-state index is 13.0. The van der Waals surface area contributed by atoms with Gasteiger partial charge in [0, 0.05) is 35.8 Å². The Kier molecular flexibility index (Phi) is 4.20. The molecule has 1 saturated heterocycles. The van der Waals surface area contributed by atoms with Gasteiger partial charge in [0.25, 0.3) is 11.5 Å². The molecule has 1 amide bonds. The lowest BCUT2D eigenvalue weighted by Crippen LogP contribution is -2.40. The fourth-order valence-electron chi connectivity index (χ4n) is 3.52. The zero-order valence-corrected chi connectivity index (χ0v) is 14.5. The van der Waals surface area contributed by atoms with Crippen molar-refractivity contribution in [2.75, 3.05) is 13.7 Å². The summed E-state index contributed by atoms with van der Waals surface area (Å²) >= 11 is 0. The average molecular weight is 352 g/mol. The van der Waals surface area contributed by atoms with E-state index in [-0.39, 0.29) is 17.5 Å². The fourth-order valence-corrected chi connectivity index (χ4v) is 3.52. The first kappa shape index (κ1) is 16.4. The van der Waals surface area contributed by atoms with E-state index in [4.69, 9.17) is 4.74 Å². The van der Waals surface area contributed by atoms with Crippen molar-refractivity contribution in [2.24, 2.45) is 0 Å². The molecule has 1 unspecified atom stereocenters. The number of carbonyl (C=O) groups excluding carboxylic acids is 1. The summed E-state index contributed by atoms with van der Waals surface area (Å²) in [7, 11) is 1.62. The largest absolute Gasteiger partial charge is 0.497 e. The zero-order valence-electron chi connectivity index (χ0n) is 14.5. The van der Waals surface area contributed by atoms with E-state index in [1.807, 2.05) is 29.2 Å². The van der Waals surface area contributed by atoms with E-state index in [9.17, 15) is 9.59 Å². The number of hydrogen-bond donors (Lipinski definition) is 1. The smallest absolute Gasteiger partial charge is 0.270 e. The number of amides is 1. The third-order valence-corrected chi connectivity index (χ3v) is 4.87. The summed E-state index contributed by atoms with van der Waals surface area (Å²) in [6.07, 6.45) is 3.38. The SMILES string of the molecule is COc1ccc2cc(C(=O)N3CCCC3Cn3ncccc3=O)[nH]c2c1. The van der Waals surface area contributed by atoms with Gasteiger partial charge in [0.2, 0.25) is 0 Å². The third-order valence-electron chi connectivity index (χ3n) is 4.87. The summed E-state index contributed by atoms with van der Waals surface area (Å²) in [4.78, 5) is 29.9. The summed E-state index contributed by atoms with van der Waals surface area (Å²) in [5.74, 6) is 0.693. The molecule has 7 heteroatoms. The lowest BCUT2D eigenvalue weighted by atomic mass is 10.2. The lowest BCUT2D eigenvalue weighted by molar-refractivity contribution is 0.0715. The van der Waals surface area contributed by atoms with Crippen LogP contribution in [0.3, 0.4) is 0 Å². The minimum absolute atomic E-state index is 0.0314.